The number of carbonyl (C=O) groups excluding carboxylic acids is 1. The summed E-state index contributed by atoms with van der Waals surface area (Å²) in [5.41, 5.74) is 1.00. The number of hydrogen-bond acceptors (Lipinski definition) is 4. The zero-order valence-corrected chi connectivity index (χ0v) is 18.3. The van der Waals surface area contributed by atoms with Crippen LogP contribution in [0.25, 0.3) is 0 Å². The van der Waals surface area contributed by atoms with E-state index in [0.717, 1.165) is 0 Å². The predicted molar refractivity (Wildman–Crippen MR) is 116 cm³/mol. The highest BCUT2D eigenvalue weighted by atomic mass is 79.9. The highest BCUT2D eigenvalue weighted by Crippen LogP contribution is 2.26. The minimum Gasteiger partial charge on any atom is -0.495 e. The largest absolute Gasteiger partial charge is 0.495 e. The van der Waals surface area contributed by atoms with Gasteiger partial charge >= 0.3 is 0 Å². The summed E-state index contributed by atoms with van der Waals surface area (Å²) in [5.74, 6) is -0.533. The van der Waals surface area contributed by atoms with Crippen molar-refractivity contribution in [1.29, 1.82) is 0 Å². The number of methoxy groups -OCH3 is 1. The van der Waals surface area contributed by atoms with Gasteiger partial charge in [0.1, 0.15) is 11.6 Å². The third-order valence-electron chi connectivity index (χ3n) is 4.20. The highest BCUT2D eigenvalue weighted by Gasteiger charge is 2.18. The molecule has 0 saturated carbocycles. The summed E-state index contributed by atoms with van der Waals surface area (Å²) in [6.45, 7) is 0.0770. The van der Waals surface area contributed by atoms with Crippen molar-refractivity contribution in [3.8, 4) is 5.75 Å². The molecule has 0 bridgehead atoms. The number of halogens is 2. The monoisotopic (exact) mass is 492 g/mol. The van der Waals surface area contributed by atoms with Crippen LogP contribution in [-0.4, -0.2) is 21.4 Å². The zero-order valence-electron chi connectivity index (χ0n) is 15.9. The molecule has 0 atom stereocenters. The normalized spacial score (nSPS) is 11.0. The molecule has 30 heavy (non-hydrogen) atoms. The third-order valence-corrected chi connectivity index (χ3v) is 6.34. The average molecular weight is 493 g/mol. The predicted octanol–water partition coefficient (Wildman–Crippen LogP) is 4.33. The number of anilines is 1. The number of para-hydroxylation sites is 2. The molecule has 0 spiro atoms. The standard InChI is InChI=1S/C21H18BrFN2O4S/c1-29-20-8-3-2-7-19(20)25-30(27,28)17-6-4-5-14(12-17)21(26)24-13-15-11-16(23)9-10-18(15)22/h2-12,25H,13H2,1H3,(H,24,26). The van der Waals surface area contributed by atoms with Gasteiger partial charge in [-0.25, -0.2) is 12.8 Å². The first-order valence-electron chi connectivity index (χ1n) is 8.78. The van der Waals surface area contributed by atoms with E-state index in [-0.39, 0.29) is 22.7 Å². The Morgan fingerprint density at radius 1 is 1.07 bits per heavy atom. The molecular formula is C21H18BrFN2O4S. The van der Waals surface area contributed by atoms with Crippen LogP contribution in [0.4, 0.5) is 10.1 Å². The highest BCUT2D eigenvalue weighted by molar-refractivity contribution is 9.10. The smallest absolute Gasteiger partial charge is 0.262 e. The van der Waals surface area contributed by atoms with Crippen molar-refractivity contribution in [3.05, 3.63) is 88.1 Å². The molecule has 0 heterocycles. The van der Waals surface area contributed by atoms with Gasteiger partial charge in [0.2, 0.25) is 0 Å². The van der Waals surface area contributed by atoms with Crippen LogP contribution in [0, 0.1) is 5.82 Å². The first-order valence-corrected chi connectivity index (χ1v) is 11.1. The fourth-order valence-electron chi connectivity index (χ4n) is 2.69. The molecule has 0 aliphatic rings. The van der Waals surface area contributed by atoms with Gasteiger partial charge < -0.3 is 10.1 Å². The summed E-state index contributed by atoms with van der Waals surface area (Å²) in [6, 6.07) is 16.4. The molecule has 3 rings (SSSR count). The van der Waals surface area contributed by atoms with Crippen LogP contribution in [0.2, 0.25) is 0 Å². The van der Waals surface area contributed by atoms with Crippen molar-refractivity contribution >= 4 is 37.5 Å². The van der Waals surface area contributed by atoms with Crippen molar-refractivity contribution in [3.63, 3.8) is 0 Å². The third kappa shape index (κ3) is 5.17. The number of hydrogen-bond donors (Lipinski definition) is 2. The molecule has 0 saturated heterocycles. The Bertz CT molecular complexity index is 1190. The van der Waals surface area contributed by atoms with E-state index in [0.29, 0.717) is 15.8 Å². The molecular weight excluding hydrogens is 475 g/mol. The van der Waals surface area contributed by atoms with E-state index in [2.05, 4.69) is 26.0 Å². The van der Waals surface area contributed by atoms with Crippen LogP contribution in [-0.2, 0) is 16.6 Å². The van der Waals surface area contributed by atoms with Gasteiger partial charge in [-0.3, -0.25) is 9.52 Å². The number of carbonyl (C=O) groups is 1. The van der Waals surface area contributed by atoms with E-state index in [4.69, 9.17) is 4.74 Å². The summed E-state index contributed by atoms with van der Waals surface area (Å²) in [7, 11) is -2.51. The van der Waals surface area contributed by atoms with Crippen LogP contribution in [0.15, 0.2) is 76.1 Å². The van der Waals surface area contributed by atoms with E-state index in [1.807, 2.05) is 0 Å². The van der Waals surface area contributed by atoms with Crippen molar-refractivity contribution in [1.82, 2.24) is 5.32 Å². The van der Waals surface area contributed by atoms with Gasteiger partial charge in [-0.1, -0.05) is 34.1 Å². The lowest BCUT2D eigenvalue weighted by Crippen LogP contribution is -2.23. The van der Waals surface area contributed by atoms with Crippen LogP contribution < -0.4 is 14.8 Å². The van der Waals surface area contributed by atoms with E-state index in [1.54, 1.807) is 30.3 Å². The molecule has 0 fully saturated rings. The van der Waals surface area contributed by atoms with Gasteiger partial charge in [-0.2, -0.15) is 0 Å². The Hall–Kier alpha value is -2.91. The molecule has 9 heteroatoms. The SMILES string of the molecule is COc1ccccc1NS(=O)(=O)c1cccc(C(=O)NCc2cc(F)ccc2Br)c1. The molecule has 0 aromatic heterocycles. The molecule has 2 N–H and O–H groups in total. The summed E-state index contributed by atoms with van der Waals surface area (Å²) in [5, 5.41) is 2.66. The number of benzene rings is 3. The molecule has 0 unspecified atom stereocenters. The fourth-order valence-corrected chi connectivity index (χ4v) is 4.20. The van der Waals surface area contributed by atoms with Gasteiger partial charge in [-0.05, 0) is 54.1 Å². The number of amides is 1. The van der Waals surface area contributed by atoms with E-state index in [1.165, 1.54) is 43.5 Å². The minimum absolute atomic E-state index is 0.0759. The summed E-state index contributed by atoms with van der Waals surface area (Å²) < 4.78 is 47.2. The Labute approximate surface area is 182 Å². The molecule has 3 aromatic rings. The summed E-state index contributed by atoms with van der Waals surface area (Å²) >= 11 is 3.30. The van der Waals surface area contributed by atoms with E-state index >= 15 is 0 Å². The topological polar surface area (TPSA) is 84.5 Å². The molecule has 3 aromatic carbocycles. The number of sulfonamides is 1. The lowest BCUT2D eigenvalue weighted by atomic mass is 10.2. The van der Waals surface area contributed by atoms with Crippen molar-refractivity contribution in [2.75, 3.05) is 11.8 Å². The maximum Gasteiger partial charge on any atom is 0.262 e. The summed E-state index contributed by atoms with van der Waals surface area (Å²) in [6.07, 6.45) is 0. The maximum absolute atomic E-state index is 13.4. The van der Waals surface area contributed by atoms with Crippen LogP contribution in [0.1, 0.15) is 15.9 Å². The second kappa shape index (κ2) is 9.27. The van der Waals surface area contributed by atoms with Gasteiger partial charge in [0, 0.05) is 16.6 Å². The minimum atomic E-state index is -3.95. The molecule has 1 amide bonds. The molecule has 0 aliphatic carbocycles. The second-order valence-corrected chi connectivity index (χ2v) is 8.79. The molecule has 0 aliphatic heterocycles. The van der Waals surface area contributed by atoms with Gasteiger partial charge in [0.15, 0.2) is 0 Å². The fraction of sp³-hybridized carbons (Fsp3) is 0.0952. The average Bonchev–Trinajstić information content (AvgIpc) is 2.74. The second-order valence-electron chi connectivity index (χ2n) is 6.25. The lowest BCUT2D eigenvalue weighted by molar-refractivity contribution is 0.0950. The lowest BCUT2D eigenvalue weighted by Gasteiger charge is -2.12. The van der Waals surface area contributed by atoms with Crippen molar-refractivity contribution in [2.24, 2.45) is 0 Å². The zero-order chi connectivity index (χ0) is 21.7. The summed E-state index contributed by atoms with van der Waals surface area (Å²) in [4.78, 5) is 12.4. The van der Waals surface area contributed by atoms with Crippen LogP contribution >= 0.6 is 15.9 Å². The maximum atomic E-state index is 13.4. The van der Waals surface area contributed by atoms with Gasteiger partial charge in [0.05, 0.1) is 17.7 Å². The molecule has 156 valence electrons. The quantitative estimate of drug-likeness (QED) is 0.514. The Balaban J connectivity index is 1.77. The number of ether oxygens (including phenoxy) is 1. The number of rotatable bonds is 7. The first-order chi connectivity index (χ1) is 14.3. The van der Waals surface area contributed by atoms with Crippen molar-refractivity contribution in [2.45, 2.75) is 11.4 Å². The van der Waals surface area contributed by atoms with Gasteiger partial charge in [-0.15, -0.1) is 0 Å². The molecule has 0 radical (unpaired) electrons. The van der Waals surface area contributed by atoms with Gasteiger partial charge in [0.25, 0.3) is 15.9 Å². The Morgan fingerprint density at radius 3 is 2.60 bits per heavy atom. The van der Waals surface area contributed by atoms with E-state index < -0.39 is 21.7 Å². The van der Waals surface area contributed by atoms with Crippen LogP contribution in [0.3, 0.4) is 0 Å². The number of nitrogens with one attached hydrogen (secondary N) is 2. The van der Waals surface area contributed by atoms with E-state index in [9.17, 15) is 17.6 Å². The van der Waals surface area contributed by atoms with Crippen molar-refractivity contribution < 1.29 is 22.3 Å². The Morgan fingerprint density at radius 2 is 1.83 bits per heavy atom. The van der Waals surface area contributed by atoms with Crippen LogP contribution in [0.5, 0.6) is 5.75 Å². The first kappa shape index (κ1) is 21.8. The molecule has 6 nitrogen and oxygen atoms in total. The Kier molecular flexibility index (Phi) is 6.73.